The first kappa shape index (κ1) is 13.8. The normalized spacial score (nSPS) is 17.4. The molecule has 1 aromatic rings. The lowest BCUT2D eigenvalue weighted by Gasteiger charge is -2.23. The summed E-state index contributed by atoms with van der Waals surface area (Å²) in [5.41, 5.74) is -0.710. The molecule has 0 saturated heterocycles. The molecule has 0 spiro atoms. The number of hydrogen-bond acceptors (Lipinski definition) is 2. The van der Waals surface area contributed by atoms with Gasteiger partial charge in [0, 0.05) is 6.07 Å². The average molecular weight is 270 g/mol. The van der Waals surface area contributed by atoms with E-state index in [9.17, 15) is 18.7 Å². The summed E-state index contributed by atoms with van der Waals surface area (Å²) >= 11 is 0. The van der Waals surface area contributed by atoms with E-state index in [1.807, 2.05) is 0 Å². The van der Waals surface area contributed by atoms with Gasteiger partial charge in [0.2, 0.25) is 0 Å². The summed E-state index contributed by atoms with van der Waals surface area (Å²) in [6, 6.07) is 3.30. The molecule has 3 nitrogen and oxygen atoms in total. The summed E-state index contributed by atoms with van der Waals surface area (Å²) in [5.74, 6) is -2.47. The van der Waals surface area contributed by atoms with Crippen molar-refractivity contribution < 1.29 is 23.4 Å². The average Bonchev–Trinajstić information content (AvgIpc) is 2.84. The van der Waals surface area contributed by atoms with E-state index in [0.29, 0.717) is 19.3 Å². The number of benzene rings is 1. The highest BCUT2D eigenvalue weighted by molar-refractivity contribution is 5.74. The van der Waals surface area contributed by atoms with Gasteiger partial charge in [0.15, 0.2) is 11.6 Å². The number of hydrogen-bond donors (Lipinski definition) is 1. The fraction of sp³-hybridized carbons (Fsp3) is 0.500. The molecule has 0 aliphatic heterocycles. The van der Waals surface area contributed by atoms with Crippen LogP contribution in [0.1, 0.15) is 32.1 Å². The molecule has 5 heteroatoms. The van der Waals surface area contributed by atoms with Crippen molar-refractivity contribution in [3.63, 3.8) is 0 Å². The molecule has 1 fully saturated rings. The Morgan fingerprint density at radius 3 is 2.53 bits per heavy atom. The van der Waals surface area contributed by atoms with Crippen molar-refractivity contribution in [3.8, 4) is 5.75 Å². The van der Waals surface area contributed by atoms with Gasteiger partial charge in [0.1, 0.15) is 5.75 Å². The molecular weight excluding hydrogens is 254 g/mol. The molecule has 1 aromatic carbocycles. The Kier molecular flexibility index (Phi) is 4.02. The van der Waals surface area contributed by atoms with Crippen molar-refractivity contribution in [2.24, 2.45) is 5.41 Å². The van der Waals surface area contributed by atoms with Gasteiger partial charge in [-0.3, -0.25) is 4.79 Å². The van der Waals surface area contributed by atoms with Crippen LogP contribution in [0.25, 0.3) is 0 Å². The second kappa shape index (κ2) is 5.55. The van der Waals surface area contributed by atoms with E-state index in [-0.39, 0.29) is 12.4 Å². The lowest BCUT2D eigenvalue weighted by Crippen LogP contribution is -2.29. The highest BCUT2D eigenvalue weighted by Gasteiger charge is 2.40. The Balaban J connectivity index is 1.92. The van der Waals surface area contributed by atoms with Gasteiger partial charge in [-0.25, -0.2) is 8.78 Å². The SMILES string of the molecule is O=C(O)C1(CCOc2ccc(F)c(F)c2)CCCC1. The molecule has 2 rings (SSSR count). The summed E-state index contributed by atoms with van der Waals surface area (Å²) in [5, 5.41) is 9.28. The van der Waals surface area contributed by atoms with Crippen molar-refractivity contribution in [3.05, 3.63) is 29.8 Å². The highest BCUT2D eigenvalue weighted by Crippen LogP contribution is 2.41. The number of halogens is 2. The van der Waals surface area contributed by atoms with Crippen molar-refractivity contribution in [2.45, 2.75) is 32.1 Å². The van der Waals surface area contributed by atoms with Crippen LogP contribution in [0.3, 0.4) is 0 Å². The Morgan fingerprint density at radius 2 is 1.95 bits per heavy atom. The standard InChI is InChI=1S/C14H16F2O3/c15-11-4-3-10(9-12(11)16)19-8-7-14(13(17)18)5-1-2-6-14/h3-4,9H,1-2,5-8H2,(H,17,18). The number of aliphatic carboxylic acids is 1. The van der Waals surface area contributed by atoms with Crippen LogP contribution in [0.4, 0.5) is 8.78 Å². The molecule has 0 aromatic heterocycles. The fourth-order valence-electron chi connectivity index (χ4n) is 2.55. The van der Waals surface area contributed by atoms with Gasteiger partial charge < -0.3 is 9.84 Å². The second-order valence-electron chi connectivity index (χ2n) is 4.97. The van der Waals surface area contributed by atoms with Crippen LogP contribution in [0.15, 0.2) is 18.2 Å². The molecule has 0 atom stereocenters. The van der Waals surface area contributed by atoms with Crippen LogP contribution in [0.5, 0.6) is 5.75 Å². The van der Waals surface area contributed by atoms with E-state index < -0.39 is 23.0 Å². The van der Waals surface area contributed by atoms with Crippen LogP contribution < -0.4 is 4.74 Å². The number of rotatable bonds is 5. The van der Waals surface area contributed by atoms with E-state index in [4.69, 9.17) is 4.74 Å². The van der Waals surface area contributed by atoms with Crippen LogP contribution >= 0.6 is 0 Å². The Hall–Kier alpha value is -1.65. The molecule has 0 unspecified atom stereocenters. The molecular formula is C14H16F2O3. The van der Waals surface area contributed by atoms with Crippen LogP contribution in [-0.2, 0) is 4.79 Å². The summed E-state index contributed by atoms with van der Waals surface area (Å²) in [6.07, 6.45) is 3.53. The summed E-state index contributed by atoms with van der Waals surface area (Å²) in [7, 11) is 0. The quantitative estimate of drug-likeness (QED) is 0.892. The molecule has 104 valence electrons. The summed E-state index contributed by atoms with van der Waals surface area (Å²) in [6.45, 7) is 0.192. The van der Waals surface area contributed by atoms with Crippen LogP contribution in [0, 0.1) is 17.0 Å². The number of carboxylic acids is 1. The Bertz CT molecular complexity index is 468. The van der Waals surface area contributed by atoms with E-state index in [1.54, 1.807) is 0 Å². The first-order valence-electron chi connectivity index (χ1n) is 6.35. The fourth-order valence-corrected chi connectivity index (χ4v) is 2.55. The Morgan fingerprint density at radius 1 is 1.26 bits per heavy atom. The van der Waals surface area contributed by atoms with Gasteiger partial charge in [0.25, 0.3) is 0 Å². The number of carbonyl (C=O) groups is 1. The number of ether oxygens (including phenoxy) is 1. The van der Waals surface area contributed by atoms with Crippen molar-refractivity contribution in [1.29, 1.82) is 0 Å². The van der Waals surface area contributed by atoms with Crippen LogP contribution in [-0.4, -0.2) is 17.7 Å². The monoisotopic (exact) mass is 270 g/mol. The first-order chi connectivity index (χ1) is 9.03. The maximum absolute atomic E-state index is 13.0. The largest absolute Gasteiger partial charge is 0.493 e. The van der Waals surface area contributed by atoms with Gasteiger partial charge in [-0.15, -0.1) is 0 Å². The first-order valence-corrected chi connectivity index (χ1v) is 6.35. The van der Waals surface area contributed by atoms with E-state index in [1.165, 1.54) is 6.07 Å². The maximum Gasteiger partial charge on any atom is 0.309 e. The van der Waals surface area contributed by atoms with Crippen molar-refractivity contribution in [1.82, 2.24) is 0 Å². The third kappa shape index (κ3) is 3.03. The predicted octanol–water partition coefficient (Wildman–Crippen LogP) is 3.38. The van der Waals surface area contributed by atoms with E-state index >= 15 is 0 Å². The summed E-state index contributed by atoms with van der Waals surface area (Å²) in [4.78, 5) is 11.3. The molecule has 19 heavy (non-hydrogen) atoms. The highest BCUT2D eigenvalue weighted by atomic mass is 19.2. The number of carboxylic acid groups (broad SMARTS) is 1. The summed E-state index contributed by atoms with van der Waals surface area (Å²) < 4.78 is 31.0. The minimum Gasteiger partial charge on any atom is -0.493 e. The zero-order chi connectivity index (χ0) is 13.9. The molecule has 0 radical (unpaired) electrons. The van der Waals surface area contributed by atoms with E-state index in [2.05, 4.69) is 0 Å². The molecule has 0 bridgehead atoms. The van der Waals surface area contributed by atoms with Gasteiger partial charge in [-0.05, 0) is 31.4 Å². The van der Waals surface area contributed by atoms with Crippen molar-refractivity contribution in [2.75, 3.05) is 6.61 Å². The zero-order valence-electron chi connectivity index (χ0n) is 10.5. The second-order valence-corrected chi connectivity index (χ2v) is 4.97. The molecule has 1 saturated carbocycles. The van der Waals surface area contributed by atoms with E-state index in [0.717, 1.165) is 25.0 Å². The van der Waals surface area contributed by atoms with Crippen molar-refractivity contribution >= 4 is 5.97 Å². The lowest BCUT2D eigenvalue weighted by molar-refractivity contribution is -0.149. The predicted molar refractivity (Wildman–Crippen MR) is 65.0 cm³/mol. The van der Waals surface area contributed by atoms with Gasteiger partial charge >= 0.3 is 5.97 Å². The van der Waals surface area contributed by atoms with Gasteiger partial charge in [-0.2, -0.15) is 0 Å². The molecule has 1 N–H and O–H groups in total. The lowest BCUT2D eigenvalue weighted by atomic mass is 9.83. The van der Waals surface area contributed by atoms with Gasteiger partial charge in [-0.1, -0.05) is 12.8 Å². The smallest absolute Gasteiger partial charge is 0.309 e. The molecule has 0 heterocycles. The maximum atomic E-state index is 13.0. The molecule has 1 aliphatic rings. The molecule has 0 amide bonds. The Labute approximate surface area is 110 Å². The minimum atomic E-state index is -0.966. The zero-order valence-corrected chi connectivity index (χ0v) is 10.5. The van der Waals surface area contributed by atoms with Crippen LogP contribution in [0.2, 0.25) is 0 Å². The topological polar surface area (TPSA) is 46.5 Å². The third-order valence-electron chi connectivity index (χ3n) is 3.75. The molecule has 1 aliphatic carbocycles. The minimum absolute atomic E-state index is 0.192. The van der Waals surface area contributed by atoms with Gasteiger partial charge in [0.05, 0.1) is 12.0 Å². The third-order valence-corrected chi connectivity index (χ3v) is 3.75.